The number of nitriles is 1. The molecule has 0 aliphatic carbocycles. The monoisotopic (exact) mass is 371 g/mol. The minimum atomic E-state index is 0.522. The molecule has 0 spiro atoms. The van der Waals surface area contributed by atoms with Crippen LogP contribution in [0.1, 0.15) is 11.1 Å². The van der Waals surface area contributed by atoms with E-state index in [2.05, 4.69) is 16.0 Å². The van der Waals surface area contributed by atoms with Gasteiger partial charge in [0.05, 0.1) is 21.3 Å². The molecule has 0 unspecified atom stereocenters. The smallest absolute Gasteiger partial charge is 0.115 e. The summed E-state index contributed by atoms with van der Waals surface area (Å²) < 4.78 is 0. The number of aromatic nitrogens is 2. The first-order chi connectivity index (χ1) is 11.7. The minimum Gasteiger partial charge on any atom is -0.265 e. The Labute approximate surface area is 154 Å². The van der Waals surface area contributed by atoms with Crippen molar-refractivity contribution in [3.8, 4) is 17.3 Å². The van der Waals surface area contributed by atoms with Crippen molar-refractivity contribution in [1.29, 1.82) is 5.26 Å². The van der Waals surface area contributed by atoms with Gasteiger partial charge in [-0.15, -0.1) is 11.8 Å². The second kappa shape index (κ2) is 7.67. The number of halogens is 2. The van der Waals surface area contributed by atoms with E-state index in [9.17, 15) is 5.26 Å². The Morgan fingerprint density at radius 1 is 1.00 bits per heavy atom. The third-order valence-electron chi connectivity index (χ3n) is 3.32. The Morgan fingerprint density at radius 2 is 1.79 bits per heavy atom. The van der Waals surface area contributed by atoms with Gasteiger partial charge < -0.3 is 0 Å². The van der Waals surface area contributed by atoms with Gasteiger partial charge in [0, 0.05) is 23.7 Å². The quantitative estimate of drug-likeness (QED) is 0.558. The van der Waals surface area contributed by atoms with Gasteiger partial charge in [-0.25, -0.2) is 4.98 Å². The third kappa shape index (κ3) is 3.88. The number of benzene rings is 1. The summed E-state index contributed by atoms with van der Waals surface area (Å²) in [6, 6.07) is 15.1. The molecule has 3 rings (SSSR count). The van der Waals surface area contributed by atoms with E-state index in [0.717, 1.165) is 16.8 Å². The van der Waals surface area contributed by atoms with Crippen molar-refractivity contribution >= 4 is 35.0 Å². The van der Waals surface area contributed by atoms with Gasteiger partial charge in [0.25, 0.3) is 0 Å². The van der Waals surface area contributed by atoms with Crippen LogP contribution in [-0.2, 0) is 5.75 Å². The van der Waals surface area contributed by atoms with Crippen molar-refractivity contribution in [1.82, 2.24) is 9.97 Å². The summed E-state index contributed by atoms with van der Waals surface area (Å²) in [6.45, 7) is 0. The Morgan fingerprint density at radius 3 is 2.50 bits per heavy atom. The number of hydrogen-bond acceptors (Lipinski definition) is 4. The zero-order chi connectivity index (χ0) is 16.9. The average Bonchev–Trinajstić information content (AvgIpc) is 2.63. The second-order valence-electron chi connectivity index (χ2n) is 4.93. The summed E-state index contributed by atoms with van der Waals surface area (Å²) in [5.41, 5.74) is 3.35. The van der Waals surface area contributed by atoms with Crippen LogP contribution in [0.15, 0.2) is 59.9 Å². The molecule has 0 saturated heterocycles. The fourth-order valence-corrected chi connectivity index (χ4v) is 3.34. The van der Waals surface area contributed by atoms with Crippen LogP contribution in [0.2, 0.25) is 10.0 Å². The van der Waals surface area contributed by atoms with Crippen LogP contribution in [0, 0.1) is 11.3 Å². The molecule has 0 N–H and O–H groups in total. The van der Waals surface area contributed by atoms with Gasteiger partial charge >= 0.3 is 0 Å². The maximum Gasteiger partial charge on any atom is 0.115 e. The Kier molecular flexibility index (Phi) is 5.37. The Hall–Kier alpha value is -2.06. The molecular weight excluding hydrogens is 361 g/mol. The average molecular weight is 372 g/mol. The van der Waals surface area contributed by atoms with Crippen LogP contribution in [0.4, 0.5) is 0 Å². The molecule has 0 atom stereocenters. The maximum atomic E-state index is 9.31. The molecule has 118 valence electrons. The molecule has 0 bridgehead atoms. The van der Waals surface area contributed by atoms with Gasteiger partial charge in [0.15, 0.2) is 0 Å². The fourth-order valence-electron chi connectivity index (χ4n) is 2.10. The molecule has 3 aromatic rings. The molecule has 0 aliphatic rings. The first-order valence-corrected chi connectivity index (χ1v) is 8.80. The molecule has 24 heavy (non-hydrogen) atoms. The Bertz CT molecular complexity index is 908. The van der Waals surface area contributed by atoms with E-state index < -0.39 is 0 Å². The standard InChI is InChI=1S/C18H11Cl2N3S/c19-15-3-1-12(9-16(15)20)11-24-18-14(10-21)2-4-17(23-18)13-5-7-22-8-6-13/h1-9H,11H2. The lowest BCUT2D eigenvalue weighted by Gasteiger charge is -2.07. The Balaban J connectivity index is 1.86. The van der Waals surface area contributed by atoms with E-state index in [4.69, 9.17) is 23.2 Å². The summed E-state index contributed by atoms with van der Waals surface area (Å²) in [7, 11) is 0. The highest BCUT2D eigenvalue weighted by Gasteiger charge is 2.09. The molecule has 0 saturated carbocycles. The van der Waals surface area contributed by atoms with Crippen LogP contribution < -0.4 is 0 Å². The molecule has 0 aliphatic heterocycles. The summed E-state index contributed by atoms with van der Waals surface area (Å²) >= 11 is 13.5. The van der Waals surface area contributed by atoms with Gasteiger partial charge in [-0.1, -0.05) is 29.3 Å². The molecule has 3 nitrogen and oxygen atoms in total. The van der Waals surface area contributed by atoms with E-state index in [1.807, 2.05) is 30.3 Å². The lowest BCUT2D eigenvalue weighted by atomic mass is 10.1. The predicted octanol–water partition coefficient (Wildman–Crippen LogP) is 5.61. The molecule has 0 amide bonds. The van der Waals surface area contributed by atoms with Crippen LogP contribution in [0.25, 0.3) is 11.3 Å². The van der Waals surface area contributed by atoms with E-state index in [-0.39, 0.29) is 0 Å². The number of pyridine rings is 2. The molecule has 2 aromatic heterocycles. The molecule has 0 fully saturated rings. The highest BCUT2D eigenvalue weighted by molar-refractivity contribution is 7.98. The summed E-state index contributed by atoms with van der Waals surface area (Å²) in [5.74, 6) is 0.651. The summed E-state index contributed by atoms with van der Waals surface area (Å²) in [6.07, 6.45) is 3.44. The second-order valence-corrected chi connectivity index (χ2v) is 6.71. The van der Waals surface area contributed by atoms with Gasteiger partial charge in [-0.2, -0.15) is 5.26 Å². The van der Waals surface area contributed by atoms with E-state index >= 15 is 0 Å². The summed E-state index contributed by atoms with van der Waals surface area (Å²) in [5, 5.41) is 11.0. The van der Waals surface area contributed by atoms with Crippen molar-refractivity contribution in [2.45, 2.75) is 10.8 Å². The van der Waals surface area contributed by atoms with Crippen LogP contribution in [0.3, 0.4) is 0 Å². The predicted molar refractivity (Wildman–Crippen MR) is 98.2 cm³/mol. The lowest BCUT2D eigenvalue weighted by molar-refractivity contribution is 1.11. The van der Waals surface area contributed by atoms with Crippen molar-refractivity contribution in [3.63, 3.8) is 0 Å². The first kappa shape index (κ1) is 16.8. The summed E-state index contributed by atoms with van der Waals surface area (Å²) in [4.78, 5) is 8.63. The third-order valence-corrected chi connectivity index (χ3v) is 5.12. The maximum absolute atomic E-state index is 9.31. The molecular formula is C18H11Cl2N3S. The normalized spacial score (nSPS) is 10.4. The van der Waals surface area contributed by atoms with Crippen molar-refractivity contribution in [2.24, 2.45) is 0 Å². The van der Waals surface area contributed by atoms with E-state index in [1.165, 1.54) is 11.8 Å². The molecule has 1 aromatic carbocycles. The number of thioether (sulfide) groups is 1. The van der Waals surface area contributed by atoms with Crippen LogP contribution in [-0.4, -0.2) is 9.97 Å². The van der Waals surface area contributed by atoms with Gasteiger partial charge in [-0.3, -0.25) is 4.98 Å². The van der Waals surface area contributed by atoms with E-state index in [1.54, 1.807) is 24.5 Å². The largest absolute Gasteiger partial charge is 0.265 e. The zero-order valence-corrected chi connectivity index (χ0v) is 14.7. The lowest BCUT2D eigenvalue weighted by Crippen LogP contribution is -1.92. The fraction of sp³-hybridized carbons (Fsp3) is 0.0556. The zero-order valence-electron chi connectivity index (χ0n) is 12.4. The molecule has 0 radical (unpaired) electrons. The van der Waals surface area contributed by atoms with Gasteiger partial charge in [0.2, 0.25) is 0 Å². The minimum absolute atomic E-state index is 0.522. The van der Waals surface area contributed by atoms with E-state index in [0.29, 0.717) is 26.4 Å². The van der Waals surface area contributed by atoms with Gasteiger partial charge in [0.1, 0.15) is 11.1 Å². The van der Waals surface area contributed by atoms with Crippen molar-refractivity contribution in [2.75, 3.05) is 0 Å². The number of rotatable bonds is 4. The number of hydrogen-bond donors (Lipinski definition) is 0. The highest BCUT2D eigenvalue weighted by Crippen LogP contribution is 2.30. The van der Waals surface area contributed by atoms with Crippen LogP contribution in [0.5, 0.6) is 0 Å². The number of nitrogens with zero attached hydrogens (tertiary/aromatic N) is 3. The van der Waals surface area contributed by atoms with Gasteiger partial charge in [-0.05, 0) is 42.0 Å². The first-order valence-electron chi connectivity index (χ1n) is 7.05. The van der Waals surface area contributed by atoms with Crippen molar-refractivity contribution in [3.05, 3.63) is 76.0 Å². The van der Waals surface area contributed by atoms with Crippen LogP contribution >= 0.6 is 35.0 Å². The SMILES string of the molecule is N#Cc1ccc(-c2ccncc2)nc1SCc1ccc(Cl)c(Cl)c1. The molecule has 6 heteroatoms. The highest BCUT2D eigenvalue weighted by atomic mass is 35.5. The van der Waals surface area contributed by atoms with Crippen molar-refractivity contribution < 1.29 is 0 Å². The topological polar surface area (TPSA) is 49.6 Å². The molecule has 2 heterocycles.